The highest BCUT2D eigenvalue weighted by Gasteiger charge is 2.34. The van der Waals surface area contributed by atoms with Crippen LogP contribution in [0.5, 0.6) is 0 Å². The maximum atomic E-state index is 12.0. The lowest BCUT2D eigenvalue weighted by Gasteiger charge is -2.22. The molecule has 0 heterocycles. The van der Waals surface area contributed by atoms with Crippen LogP contribution in [0.4, 0.5) is 0 Å². The number of nitrogens with two attached hydrogens (primary N) is 1. The highest BCUT2D eigenvalue weighted by molar-refractivity contribution is 5.83. The Kier molecular flexibility index (Phi) is 5.41. The standard InChI is InChI=1S/C12H22N2O3/c1-3-9(13)7-11(15)14(10-5-6-10)8-12(16)17-4-2/h9-10H,3-8,13H2,1-2H3. The van der Waals surface area contributed by atoms with Crippen LogP contribution in [-0.2, 0) is 14.3 Å². The Morgan fingerprint density at radius 3 is 2.53 bits per heavy atom. The molecule has 0 spiro atoms. The molecule has 1 aliphatic carbocycles. The van der Waals surface area contributed by atoms with Crippen LogP contribution >= 0.6 is 0 Å². The first kappa shape index (κ1) is 14.0. The molecule has 1 aliphatic rings. The SMILES string of the molecule is CCOC(=O)CN(C(=O)CC(N)CC)C1CC1. The van der Waals surface area contributed by atoms with Crippen molar-refractivity contribution in [3.8, 4) is 0 Å². The highest BCUT2D eigenvalue weighted by Crippen LogP contribution is 2.27. The van der Waals surface area contributed by atoms with Crippen molar-refractivity contribution in [1.82, 2.24) is 4.90 Å². The van der Waals surface area contributed by atoms with Gasteiger partial charge in [0, 0.05) is 18.5 Å². The minimum Gasteiger partial charge on any atom is -0.465 e. The monoisotopic (exact) mass is 242 g/mol. The van der Waals surface area contributed by atoms with E-state index in [1.165, 1.54) is 0 Å². The van der Waals surface area contributed by atoms with Crippen LogP contribution in [0.3, 0.4) is 0 Å². The summed E-state index contributed by atoms with van der Waals surface area (Å²) >= 11 is 0. The molecule has 2 N–H and O–H groups in total. The second-order valence-electron chi connectivity index (χ2n) is 4.43. The summed E-state index contributed by atoms with van der Waals surface area (Å²) in [6.45, 7) is 4.12. The number of ether oxygens (including phenoxy) is 1. The summed E-state index contributed by atoms with van der Waals surface area (Å²) in [5.41, 5.74) is 5.76. The van der Waals surface area contributed by atoms with Crippen LogP contribution in [0.1, 0.15) is 39.5 Å². The maximum Gasteiger partial charge on any atom is 0.325 e. The van der Waals surface area contributed by atoms with Gasteiger partial charge in [0.25, 0.3) is 0 Å². The largest absolute Gasteiger partial charge is 0.465 e. The van der Waals surface area contributed by atoms with Gasteiger partial charge >= 0.3 is 5.97 Å². The van der Waals surface area contributed by atoms with Gasteiger partial charge in [-0.1, -0.05) is 6.92 Å². The predicted octanol–water partition coefficient (Wildman–Crippen LogP) is 0.668. The normalized spacial score (nSPS) is 16.4. The summed E-state index contributed by atoms with van der Waals surface area (Å²) in [6.07, 6.45) is 3.04. The molecule has 5 heteroatoms. The second-order valence-corrected chi connectivity index (χ2v) is 4.43. The summed E-state index contributed by atoms with van der Waals surface area (Å²) in [4.78, 5) is 25.0. The van der Waals surface area contributed by atoms with E-state index in [4.69, 9.17) is 10.5 Å². The number of hydrogen-bond donors (Lipinski definition) is 1. The molecule has 5 nitrogen and oxygen atoms in total. The third-order valence-corrected chi connectivity index (χ3v) is 2.87. The Hall–Kier alpha value is -1.10. The number of amides is 1. The van der Waals surface area contributed by atoms with E-state index in [0.717, 1.165) is 19.3 Å². The molecule has 1 atom stereocenters. The van der Waals surface area contributed by atoms with Crippen LogP contribution in [-0.4, -0.2) is 42.0 Å². The van der Waals surface area contributed by atoms with Crippen molar-refractivity contribution in [2.75, 3.05) is 13.2 Å². The van der Waals surface area contributed by atoms with Crippen LogP contribution in [0.15, 0.2) is 0 Å². The predicted molar refractivity (Wildman–Crippen MR) is 64.3 cm³/mol. The third-order valence-electron chi connectivity index (χ3n) is 2.87. The van der Waals surface area contributed by atoms with Crippen molar-refractivity contribution < 1.29 is 14.3 Å². The number of esters is 1. The van der Waals surface area contributed by atoms with Gasteiger partial charge in [0.05, 0.1) is 6.61 Å². The molecule has 98 valence electrons. The third kappa shape index (κ3) is 4.73. The number of carbonyl (C=O) groups is 2. The Labute approximate surface area is 102 Å². The first-order valence-corrected chi connectivity index (χ1v) is 6.29. The Bertz CT molecular complexity index is 277. The lowest BCUT2D eigenvalue weighted by molar-refractivity contribution is -0.149. The molecule has 0 aliphatic heterocycles. The van der Waals surface area contributed by atoms with Crippen molar-refractivity contribution in [2.24, 2.45) is 5.73 Å². The lowest BCUT2D eigenvalue weighted by atomic mass is 10.1. The minimum absolute atomic E-state index is 0.0325. The first-order valence-electron chi connectivity index (χ1n) is 6.29. The summed E-state index contributed by atoms with van der Waals surface area (Å²) < 4.78 is 4.87. The van der Waals surface area contributed by atoms with Crippen molar-refractivity contribution in [3.05, 3.63) is 0 Å². The molecule has 1 rings (SSSR count). The summed E-state index contributed by atoms with van der Waals surface area (Å²) in [5.74, 6) is -0.368. The fourth-order valence-electron chi connectivity index (χ4n) is 1.64. The van der Waals surface area contributed by atoms with E-state index in [0.29, 0.717) is 13.0 Å². The van der Waals surface area contributed by atoms with Gasteiger partial charge in [-0.3, -0.25) is 9.59 Å². The zero-order valence-electron chi connectivity index (χ0n) is 10.6. The molecule has 0 aromatic carbocycles. The van der Waals surface area contributed by atoms with E-state index in [-0.39, 0.29) is 30.5 Å². The van der Waals surface area contributed by atoms with Gasteiger partial charge in [-0.15, -0.1) is 0 Å². The average molecular weight is 242 g/mol. The Morgan fingerprint density at radius 2 is 2.06 bits per heavy atom. The van der Waals surface area contributed by atoms with Crippen molar-refractivity contribution >= 4 is 11.9 Å². The molecular weight excluding hydrogens is 220 g/mol. The summed E-state index contributed by atoms with van der Waals surface area (Å²) in [5, 5.41) is 0. The molecule has 1 saturated carbocycles. The van der Waals surface area contributed by atoms with Gasteiger partial charge in [-0.05, 0) is 26.2 Å². The van der Waals surface area contributed by atoms with Gasteiger partial charge in [-0.25, -0.2) is 0 Å². The van der Waals surface area contributed by atoms with Gasteiger partial charge in [0.1, 0.15) is 6.54 Å². The molecule has 1 fully saturated rings. The van der Waals surface area contributed by atoms with Crippen molar-refractivity contribution in [3.63, 3.8) is 0 Å². The van der Waals surface area contributed by atoms with Crippen LogP contribution in [0, 0.1) is 0 Å². The zero-order valence-corrected chi connectivity index (χ0v) is 10.6. The van der Waals surface area contributed by atoms with Crippen LogP contribution < -0.4 is 5.73 Å². The number of rotatable bonds is 7. The molecule has 0 radical (unpaired) electrons. The molecule has 1 amide bonds. The van der Waals surface area contributed by atoms with Crippen LogP contribution in [0.25, 0.3) is 0 Å². The molecular formula is C12H22N2O3. The number of hydrogen-bond acceptors (Lipinski definition) is 4. The van der Waals surface area contributed by atoms with E-state index < -0.39 is 0 Å². The van der Waals surface area contributed by atoms with Crippen molar-refractivity contribution in [2.45, 2.75) is 51.6 Å². The summed E-state index contributed by atoms with van der Waals surface area (Å²) in [6, 6.07) is 0.0990. The fourth-order valence-corrected chi connectivity index (χ4v) is 1.64. The number of carbonyl (C=O) groups excluding carboxylic acids is 2. The zero-order chi connectivity index (χ0) is 12.8. The van der Waals surface area contributed by atoms with Crippen LogP contribution in [0.2, 0.25) is 0 Å². The average Bonchev–Trinajstić information content (AvgIpc) is 3.09. The molecule has 0 bridgehead atoms. The van der Waals surface area contributed by atoms with E-state index in [9.17, 15) is 9.59 Å². The first-order chi connectivity index (χ1) is 8.08. The van der Waals surface area contributed by atoms with Crippen molar-refractivity contribution in [1.29, 1.82) is 0 Å². The van der Waals surface area contributed by atoms with E-state index in [2.05, 4.69) is 0 Å². The van der Waals surface area contributed by atoms with E-state index >= 15 is 0 Å². The number of nitrogens with zero attached hydrogens (tertiary/aromatic N) is 1. The van der Waals surface area contributed by atoms with E-state index in [1.54, 1.807) is 11.8 Å². The second kappa shape index (κ2) is 6.59. The van der Waals surface area contributed by atoms with Gasteiger partial charge in [0.15, 0.2) is 0 Å². The quantitative estimate of drug-likeness (QED) is 0.666. The molecule has 17 heavy (non-hydrogen) atoms. The van der Waals surface area contributed by atoms with Gasteiger partial charge in [-0.2, -0.15) is 0 Å². The lowest BCUT2D eigenvalue weighted by Crippen LogP contribution is -2.40. The topological polar surface area (TPSA) is 72.6 Å². The smallest absolute Gasteiger partial charge is 0.325 e. The highest BCUT2D eigenvalue weighted by atomic mass is 16.5. The molecule has 0 saturated heterocycles. The summed E-state index contributed by atoms with van der Waals surface area (Å²) in [7, 11) is 0. The van der Waals surface area contributed by atoms with E-state index in [1.807, 2.05) is 6.92 Å². The molecule has 1 unspecified atom stereocenters. The molecule has 0 aromatic heterocycles. The molecule has 0 aromatic rings. The Balaban J connectivity index is 2.47. The maximum absolute atomic E-state index is 12.0. The van der Waals surface area contributed by atoms with Gasteiger partial charge in [0.2, 0.25) is 5.91 Å². The Morgan fingerprint density at radius 1 is 1.41 bits per heavy atom. The fraction of sp³-hybridized carbons (Fsp3) is 0.833. The minimum atomic E-state index is -0.335. The van der Waals surface area contributed by atoms with Gasteiger partial charge < -0.3 is 15.4 Å².